The van der Waals surface area contributed by atoms with E-state index in [0.29, 0.717) is 17.4 Å². The van der Waals surface area contributed by atoms with E-state index in [4.69, 9.17) is 19.9 Å². The highest BCUT2D eigenvalue weighted by Crippen LogP contribution is 2.29. The lowest BCUT2D eigenvalue weighted by Crippen LogP contribution is -2.30. The van der Waals surface area contributed by atoms with Gasteiger partial charge in [0.2, 0.25) is 11.8 Å². The van der Waals surface area contributed by atoms with Crippen LogP contribution in [-0.2, 0) is 4.74 Å². The van der Waals surface area contributed by atoms with Crippen molar-refractivity contribution in [1.82, 2.24) is 4.98 Å². The molecule has 0 bridgehead atoms. The number of nitrogens with zero attached hydrogens (tertiary/aromatic N) is 1. The van der Waals surface area contributed by atoms with E-state index >= 15 is 0 Å². The van der Waals surface area contributed by atoms with Gasteiger partial charge in [-0.05, 0) is 46.1 Å². The van der Waals surface area contributed by atoms with Crippen LogP contribution in [0, 0.1) is 0 Å². The SMILES string of the molecule is COC1CCCC(Oc2ccc(N)c(OC(C)(C)C)n2)C1. The third-order valence-electron chi connectivity index (χ3n) is 3.47. The maximum Gasteiger partial charge on any atom is 0.241 e. The van der Waals surface area contributed by atoms with Crippen molar-refractivity contribution in [3.63, 3.8) is 0 Å². The number of hydrogen-bond acceptors (Lipinski definition) is 5. The van der Waals surface area contributed by atoms with Crippen LogP contribution in [0.2, 0.25) is 0 Å². The molecule has 0 aromatic carbocycles. The minimum absolute atomic E-state index is 0.141. The molecule has 5 heteroatoms. The number of hydrogen-bond donors (Lipinski definition) is 1. The fraction of sp³-hybridized carbons (Fsp3) is 0.688. The predicted octanol–water partition coefficient (Wildman–Crippen LogP) is 3.18. The zero-order valence-corrected chi connectivity index (χ0v) is 13.4. The van der Waals surface area contributed by atoms with Gasteiger partial charge >= 0.3 is 0 Å². The topological polar surface area (TPSA) is 66.6 Å². The van der Waals surface area contributed by atoms with E-state index in [2.05, 4.69) is 4.98 Å². The monoisotopic (exact) mass is 294 g/mol. The zero-order chi connectivity index (χ0) is 15.5. The van der Waals surface area contributed by atoms with Gasteiger partial charge in [-0.1, -0.05) is 0 Å². The molecule has 118 valence electrons. The Balaban J connectivity index is 2.05. The van der Waals surface area contributed by atoms with Crippen LogP contribution in [-0.4, -0.2) is 29.9 Å². The van der Waals surface area contributed by atoms with Crippen molar-refractivity contribution in [2.75, 3.05) is 12.8 Å². The van der Waals surface area contributed by atoms with Gasteiger partial charge in [-0.25, -0.2) is 0 Å². The molecule has 0 radical (unpaired) electrons. The lowest BCUT2D eigenvalue weighted by atomic mass is 9.95. The summed E-state index contributed by atoms with van der Waals surface area (Å²) in [4.78, 5) is 4.39. The molecule has 1 aromatic rings. The van der Waals surface area contributed by atoms with E-state index in [9.17, 15) is 0 Å². The van der Waals surface area contributed by atoms with Crippen LogP contribution in [0.25, 0.3) is 0 Å². The van der Waals surface area contributed by atoms with Crippen molar-refractivity contribution < 1.29 is 14.2 Å². The van der Waals surface area contributed by atoms with Crippen LogP contribution in [0.15, 0.2) is 12.1 Å². The van der Waals surface area contributed by atoms with Crippen molar-refractivity contribution in [3.05, 3.63) is 12.1 Å². The highest BCUT2D eigenvalue weighted by molar-refractivity contribution is 5.49. The minimum atomic E-state index is -0.342. The van der Waals surface area contributed by atoms with Gasteiger partial charge in [-0.3, -0.25) is 0 Å². The molecule has 2 unspecified atom stereocenters. The van der Waals surface area contributed by atoms with E-state index in [1.165, 1.54) is 0 Å². The normalized spacial score (nSPS) is 22.9. The molecule has 2 atom stereocenters. The standard InChI is InChI=1S/C16H26N2O3/c1-16(2,3)21-15-13(17)8-9-14(18-15)20-12-7-5-6-11(10-12)19-4/h8-9,11-12H,5-7,10,17H2,1-4H3. The number of methoxy groups -OCH3 is 1. The summed E-state index contributed by atoms with van der Waals surface area (Å²) in [5.74, 6) is 0.990. The number of rotatable bonds is 4. The van der Waals surface area contributed by atoms with Crippen LogP contribution in [0.3, 0.4) is 0 Å². The average molecular weight is 294 g/mol. The Kier molecular flexibility index (Phi) is 4.93. The zero-order valence-electron chi connectivity index (χ0n) is 13.4. The number of nitrogen functional groups attached to an aromatic ring is 1. The molecule has 1 heterocycles. The van der Waals surface area contributed by atoms with Crippen LogP contribution in [0.1, 0.15) is 46.5 Å². The summed E-state index contributed by atoms with van der Waals surface area (Å²) in [6.45, 7) is 5.89. The lowest BCUT2D eigenvalue weighted by molar-refractivity contribution is 0.0191. The van der Waals surface area contributed by atoms with Gasteiger partial charge in [0.1, 0.15) is 11.7 Å². The first-order chi connectivity index (χ1) is 9.87. The number of pyridine rings is 1. The van der Waals surface area contributed by atoms with Gasteiger partial charge in [0.25, 0.3) is 0 Å². The first-order valence-corrected chi connectivity index (χ1v) is 7.52. The first kappa shape index (κ1) is 15.9. The number of aromatic nitrogens is 1. The van der Waals surface area contributed by atoms with Crippen LogP contribution in [0.4, 0.5) is 5.69 Å². The Bertz CT molecular complexity index is 471. The van der Waals surface area contributed by atoms with Gasteiger partial charge in [0.15, 0.2) is 0 Å². The molecule has 5 nitrogen and oxygen atoms in total. The third kappa shape index (κ3) is 4.77. The van der Waals surface area contributed by atoms with Gasteiger partial charge in [0.05, 0.1) is 11.8 Å². The molecule has 0 spiro atoms. The molecule has 2 rings (SSSR count). The molecule has 1 saturated carbocycles. The second-order valence-electron chi connectivity index (χ2n) is 6.52. The Morgan fingerprint density at radius 2 is 1.90 bits per heavy atom. The predicted molar refractivity (Wildman–Crippen MR) is 82.7 cm³/mol. The van der Waals surface area contributed by atoms with E-state index in [-0.39, 0.29) is 17.8 Å². The lowest BCUT2D eigenvalue weighted by Gasteiger charge is -2.28. The van der Waals surface area contributed by atoms with E-state index in [0.717, 1.165) is 25.7 Å². The molecule has 0 amide bonds. The summed E-state index contributed by atoms with van der Waals surface area (Å²) in [7, 11) is 1.75. The third-order valence-corrected chi connectivity index (χ3v) is 3.47. The highest BCUT2D eigenvalue weighted by atomic mass is 16.5. The highest BCUT2D eigenvalue weighted by Gasteiger charge is 2.24. The van der Waals surface area contributed by atoms with E-state index in [1.807, 2.05) is 20.8 Å². The van der Waals surface area contributed by atoms with Gasteiger partial charge < -0.3 is 19.9 Å². The van der Waals surface area contributed by atoms with Crippen LogP contribution >= 0.6 is 0 Å². The van der Waals surface area contributed by atoms with E-state index < -0.39 is 0 Å². The number of nitrogens with two attached hydrogens (primary N) is 1. The summed E-state index contributed by atoms with van der Waals surface area (Å²) in [6.07, 6.45) is 4.57. The molecule has 0 aliphatic heterocycles. The Morgan fingerprint density at radius 3 is 2.57 bits per heavy atom. The Hall–Kier alpha value is -1.49. The van der Waals surface area contributed by atoms with Gasteiger partial charge in [-0.15, -0.1) is 0 Å². The molecular formula is C16H26N2O3. The molecule has 21 heavy (non-hydrogen) atoms. The summed E-state index contributed by atoms with van der Waals surface area (Å²) < 4.78 is 17.2. The molecular weight excluding hydrogens is 268 g/mol. The summed E-state index contributed by atoms with van der Waals surface area (Å²) in [5.41, 5.74) is 6.09. The molecule has 2 N–H and O–H groups in total. The largest absolute Gasteiger partial charge is 0.474 e. The second kappa shape index (κ2) is 6.52. The average Bonchev–Trinajstić information content (AvgIpc) is 2.41. The number of ether oxygens (including phenoxy) is 3. The van der Waals surface area contributed by atoms with Crippen molar-refractivity contribution in [2.45, 2.75) is 64.3 Å². The maximum atomic E-state index is 5.97. The Morgan fingerprint density at radius 1 is 1.19 bits per heavy atom. The fourth-order valence-corrected chi connectivity index (χ4v) is 2.47. The second-order valence-corrected chi connectivity index (χ2v) is 6.52. The van der Waals surface area contributed by atoms with Crippen molar-refractivity contribution in [1.29, 1.82) is 0 Å². The summed E-state index contributed by atoms with van der Waals surface area (Å²) in [5, 5.41) is 0. The quantitative estimate of drug-likeness (QED) is 0.923. The molecule has 1 fully saturated rings. The molecule has 1 aromatic heterocycles. The van der Waals surface area contributed by atoms with Gasteiger partial charge in [0, 0.05) is 19.6 Å². The number of anilines is 1. The molecule has 0 saturated heterocycles. The van der Waals surface area contributed by atoms with Gasteiger partial charge in [-0.2, -0.15) is 4.98 Å². The van der Waals surface area contributed by atoms with Crippen molar-refractivity contribution in [2.24, 2.45) is 0 Å². The van der Waals surface area contributed by atoms with Crippen molar-refractivity contribution >= 4 is 5.69 Å². The van der Waals surface area contributed by atoms with Crippen LogP contribution < -0.4 is 15.2 Å². The summed E-state index contributed by atoms with van der Waals surface area (Å²) in [6, 6.07) is 3.57. The fourth-order valence-electron chi connectivity index (χ4n) is 2.47. The Labute approximate surface area is 126 Å². The first-order valence-electron chi connectivity index (χ1n) is 7.52. The summed E-state index contributed by atoms with van der Waals surface area (Å²) >= 11 is 0. The smallest absolute Gasteiger partial charge is 0.241 e. The minimum Gasteiger partial charge on any atom is -0.474 e. The molecule has 1 aliphatic rings. The maximum absolute atomic E-state index is 5.97. The molecule has 1 aliphatic carbocycles. The van der Waals surface area contributed by atoms with E-state index in [1.54, 1.807) is 19.2 Å². The van der Waals surface area contributed by atoms with Crippen LogP contribution in [0.5, 0.6) is 11.8 Å². The van der Waals surface area contributed by atoms with Crippen molar-refractivity contribution in [3.8, 4) is 11.8 Å².